The molecule has 1 N–H and O–H groups in total. The van der Waals surface area contributed by atoms with Crippen LogP contribution in [-0.2, 0) is 16.1 Å². The van der Waals surface area contributed by atoms with Gasteiger partial charge in [-0.25, -0.2) is 0 Å². The van der Waals surface area contributed by atoms with Crippen LogP contribution in [0.1, 0.15) is 43.4 Å². The third kappa shape index (κ3) is 3.42. The zero-order chi connectivity index (χ0) is 16.2. The van der Waals surface area contributed by atoms with E-state index in [0.717, 1.165) is 24.1 Å². The van der Waals surface area contributed by atoms with Gasteiger partial charge < -0.3 is 10.1 Å². The number of ether oxygens (including phenoxy) is 1. The Balaban J connectivity index is 1.67. The normalized spacial score (nSPS) is 22.0. The van der Waals surface area contributed by atoms with Gasteiger partial charge in [0.1, 0.15) is 6.10 Å². The Bertz CT molecular complexity index is 656. The summed E-state index contributed by atoms with van der Waals surface area (Å²) in [4.78, 5) is 16.6. The van der Waals surface area contributed by atoms with Crippen LogP contribution in [0.4, 0.5) is 0 Å². The highest BCUT2D eigenvalue weighted by Crippen LogP contribution is 2.29. The minimum absolute atomic E-state index is 0.00128. The van der Waals surface area contributed by atoms with Gasteiger partial charge in [0.15, 0.2) is 0 Å². The van der Waals surface area contributed by atoms with Crippen LogP contribution in [0.25, 0.3) is 0 Å². The molecule has 6 heteroatoms. The molecule has 0 unspecified atom stereocenters. The highest BCUT2D eigenvalue weighted by Gasteiger charge is 2.33. The molecule has 0 aliphatic carbocycles. The van der Waals surface area contributed by atoms with E-state index in [1.54, 1.807) is 12.4 Å². The second kappa shape index (κ2) is 6.91. The van der Waals surface area contributed by atoms with Gasteiger partial charge in [-0.3, -0.25) is 14.5 Å². The van der Waals surface area contributed by atoms with E-state index in [1.165, 1.54) is 0 Å². The van der Waals surface area contributed by atoms with E-state index < -0.39 is 0 Å². The highest BCUT2D eigenvalue weighted by atomic mass is 16.5. The molecule has 3 atom stereocenters. The summed E-state index contributed by atoms with van der Waals surface area (Å²) in [5.41, 5.74) is 1.93. The number of aromatic nitrogens is 3. The number of hydrogen-bond acceptors (Lipinski definition) is 4. The molecule has 3 heterocycles. The van der Waals surface area contributed by atoms with Crippen LogP contribution in [0, 0.1) is 0 Å². The van der Waals surface area contributed by atoms with Gasteiger partial charge in [0.2, 0.25) is 5.91 Å². The molecule has 23 heavy (non-hydrogen) atoms. The van der Waals surface area contributed by atoms with Crippen LogP contribution in [-0.4, -0.2) is 33.3 Å². The third-order valence-electron chi connectivity index (χ3n) is 4.30. The fourth-order valence-electron chi connectivity index (χ4n) is 2.86. The second-order valence-corrected chi connectivity index (χ2v) is 5.83. The van der Waals surface area contributed by atoms with Crippen LogP contribution in [0.5, 0.6) is 0 Å². The van der Waals surface area contributed by atoms with Crippen LogP contribution >= 0.6 is 0 Å². The van der Waals surface area contributed by atoms with E-state index >= 15 is 0 Å². The Kier molecular flexibility index (Phi) is 4.71. The summed E-state index contributed by atoms with van der Waals surface area (Å²) in [5, 5.41) is 7.42. The lowest BCUT2D eigenvalue weighted by atomic mass is 10.00. The van der Waals surface area contributed by atoms with Gasteiger partial charge in [-0.1, -0.05) is 6.07 Å². The summed E-state index contributed by atoms with van der Waals surface area (Å²) in [6, 6.07) is 3.75. The second-order valence-electron chi connectivity index (χ2n) is 5.83. The Morgan fingerprint density at radius 2 is 2.39 bits per heavy atom. The lowest BCUT2D eigenvalue weighted by molar-refractivity contribution is -0.123. The summed E-state index contributed by atoms with van der Waals surface area (Å²) in [6.45, 7) is 5.41. The first kappa shape index (κ1) is 15.7. The molecule has 1 amide bonds. The van der Waals surface area contributed by atoms with Crippen LogP contribution in [0.2, 0.25) is 0 Å². The van der Waals surface area contributed by atoms with Crippen LogP contribution in [0.15, 0.2) is 36.9 Å². The van der Waals surface area contributed by atoms with E-state index in [-0.39, 0.29) is 24.0 Å². The maximum atomic E-state index is 12.5. The van der Waals surface area contributed by atoms with Crippen molar-refractivity contribution in [3.05, 3.63) is 48.0 Å². The Morgan fingerprint density at radius 3 is 3.09 bits per heavy atom. The van der Waals surface area contributed by atoms with Gasteiger partial charge in [0, 0.05) is 37.3 Å². The van der Waals surface area contributed by atoms with Crippen LogP contribution in [0.3, 0.4) is 0 Å². The quantitative estimate of drug-likeness (QED) is 0.917. The zero-order valence-corrected chi connectivity index (χ0v) is 13.5. The van der Waals surface area contributed by atoms with Crippen molar-refractivity contribution in [1.29, 1.82) is 0 Å². The van der Waals surface area contributed by atoms with Crippen molar-refractivity contribution >= 4 is 5.91 Å². The molecule has 3 rings (SSSR count). The molecule has 1 aliphatic heterocycles. The molecule has 0 radical (unpaired) electrons. The summed E-state index contributed by atoms with van der Waals surface area (Å²) >= 11 is 0. The predicted octanol–water partition coefficient (Wildman–Crippen LogP) is 2.05. The van der Waals surface area contributed by atoms with Crippen molar-refractivity contribution in [2.24, 2.45) is 0 Å². The first-order valence-corrected chi connectivity index (χ1v) is 8.03. The standard InChI is InChI=1S/C17H22N4O2/c1-3-21-11-14(10-19-21)16-15(6-8-23-16)20-17(22)12(2)13-5-4-7-18-9-13/h4-5,7,9-12,15-16H,3,6,8H2,1-2H3,(H,20,22)/t12-,15-,16+/m0/s1. The van der Waals surface area contributed by atoms with Crippen molar-refractivity contribution in [1.82, 2.24) is 20.1 Å². The topological polar surface area (TPSA) is 69.0 Å². The summed E-state index contributed by atoms with van der Waals surface area (Å²) in [5.74, 6) is -0.232. The number of rotatable bonds is 5. The molecule has 0 bridgehead atoms. The van der Waals surface area contributed by atoms with Crippen molar-refractivity contribution in [2.75, 3.05) is 6.61 Å². The number of carbonyl (C=O) groups excluding carboxylic acids is 1. The van der Waals surface area contributed by atoms with Gasteiger partial charge in [0.05, 0.1) is 18.2 Å². The predicted molar refractivity (Wildman–Crippen MR) is 85.8 cm³/mol. The largest absolute Gasteiger partial charge is 0.371 e. The van der Waals surface area contributed by atoms with E-state index in [4.69, 9.17) is 4.74 Å². The van der Waals surface area contributed by atoms with Gasteiger partial charge in [-0.05, 0) is 31.9 Å². The molecular formula is C17H22N4O2. The van der Waals surface area contributed by atoms with E-state index in [1.807, 2.05) is 43.1 Å². The maximum absolute atomic E-state index is 12.5. The molecule has 122 valence electrons. The van der Waals surface area contributed by atoms with Crippen LogP contribution < -0.4 is 5.32 Å². The average Bonchev–Trinajstić information content (AvgIpc) is 3.23. The zero-order valence-electron chi connectivity index (χ0n) is 13.5. The number of amides is 1. The lowest BCUT2D eigenvalue weighted by Crippen LogP contribution is -2.39. The van der Waals surface area contributed by atoms with Crippen molar-refractivity contribution < 1.29 is 9.53 Å². The molecule has 2 aromatic heterocycles. The minimum atomic E-state index is -0.233. The van der Waals surface area contributed by atoms with Crippen molar-refractivity contribution in [3.8, 4) is 0 Å². The number of aryl methyl sites for hydroxylation is 1. The third-order valence-corrected chi connectivity index (χ3v) is 4.30. The number of nitrogens with one attached hydrogen (secondary N) is 1. The molecule has 0 saturated carbocycles. The number of hydrogen-bond donors (Lipinski definition) is 1. The highest BCUT2D eigenvalue weighted by molar-refractivity contribution is 5.83. The fourth-order valence-corrected chi connectivity index (χ4v) is 2.86. The Hall–Kier alpha value is -2.21. The van der Waals surface area contributed by atoms with Crippen molar-refractivity contribution in [3.63, 3.8) is 0 Å². The van der Waals surface area contributed by atoms with E-state index in [9.17, 15) is 4.79 Å². The number of nitrogens with zero attached hydrogens (tertiary/aromatic N) is 3. The summed E-state index contributed by atoms with van der Waals surface area (Å²) in [6.07, 6.45) is 7.94. The smallest absolute Gasteiger partial charge is 0.227 e. The molecule has 1 fully saturated rings. The lowest BCUT2D eigenvalue weighted by Gasteiger charge is -2.21. The summed E-state index contributed by atoms with van der Waals surface area (Å²) in [7, 11) is 0. The SMILES string of the molecule is CCn1cc([C@H]2OCC[C@@H]2NC(=O)[C@@H](C)c2cccnc2)cn1. The van der Waals surface area contributed by atoms with Crippen molar-refractivity contribution in [2.45, 2.75) is 44.9 Å². The Morgan fingerprint density at radius 1 is 1.52 bits per heavy atom. The molecule has 6 nitrogen and oxygen atoms in total. The van der Waals surface area contributed by atoms with E-state index in [0.29, 0.717) is 6.61 Å². The molecular weight excluding hydrogens is 292 g/mol. The monoisotopic (exact) mass is 314 g/mol. The van der Waals surface area contributed by atoms with Gasteiger partial charge in [0.25, 0.3) is 0 Å². The molecule has 1 saturated heterocycles. The molecule has 1 aliphatic rings. The maximum Gasteiger partial charge on any atom is 0.227 e. The summed E-state index contributed by atoms with van der Waals surface area (Å²) < 4.78 is 7.68. The fraction of sp³-hybridized carbons (Fsp3) is 0.471. The first-order valence-electron chi connectivity index (χ1n) is 8.03. The Labute approximate surface area is 135 Å². The number of pyridine rings is 1. The molecule has 0 aromatic carbocycles. The van der Waals surface area contributed by atoms with Gasteiger partial charge >= 0.3 is 0 Å². The van der Waals surface area contributed by atoms with Gasteiger partial charge in [-0.15, -0.1) is 0 Å². The number of carbonyl (C=O) groups is 1. The molecule has 0 spiro atoms. The van der Waals surface area contributed by atoms with E-state index in [2.05, 4.69) is 15.4 Å². The first-order chi connectivity index (χ1) is 11.2. The average molecular weight is 314 g/mol. The van der Waals surface area contributed by atoms with Gasteiger partial charge in [-0.2, -0.15) is 5.10 Å². The molecule has 2 aromatic rings. The minimum Gasteiger partial charge on any atom is -0.371 e.